The Bertz CT molecular complexity index is 598. The topological polar surface area (TPSA) is 58.1 Å². The Morgan fingerprint density at radius 3 is 2.57 bits per heavy atom. The number of ether oxygens (including phenoxy) is 2. The van der Waals surface area contributed by atoms with Gasteiger partial charge in [0.15, 0.2) is 17.5 Å². The number of benzene rings is 1. The Labute approximate surface area is 170 Å². The summed E-state index contributed by atoms with van der Waals surface area (Å²) in [6, 6.07) is 6.54. The third-order valence-electron chi connectivity index (χ3n) is 4.92. The lowest BCUT2D eigenvalue weighted by Gasteiger charge is -2.32. The molecule has 0 unspecified atom stereocenters. The van der Waals surface area contributed by atoms with Crippen molar-refractivity contribution in [2.75, 3.05) is 39.9 Å². The lowest BCUT2D eigenvalue weighted by atomic mass is 10.1. The van der Waals surface area contributed by atoms with Gasteiger partial charge in [-0.3, -0.25) is 0 Å². The summed E-state index contributed by atoms with van der Waals surface area (Å²) in [7, 11) is 1.68. The monoisotopic (exact) mass is 390 g/mol. The van der Waals surface area contributed by atoms with Gasteiger partial charge in [0.05, 0.1) is 20.3 Å². The van der Waals surface area contributed by atoms with Crippen LogP contribution in [0.15, 0.2) is 23.2 Å². The molecule has 0 aromatic heterocycles. The second kappa shape index (κ2) is 12.5. The highest BCUT2D eigenvalue weighted by molar-refractivity contribution is 5.80. The van der Waals surface area contributed by atoms with Crippen molar-refractivity contribution < 1.29 is 9.47 Å². The number of piperidine rings is 1. The zero-order valence-electron chi connectivity index (χ0n) is 18.1. The van der Waals surface area contributed by atoms with E-state index in [-0.39, 0.29) is 0 Å². The van der Waals surface area contributed by atoms with Crippen LogP contribution in [-0.4, -0.2) is 56.8 Å². The van der Waals surface area contributed by atoms with Crippen molar-refractivity contribution in [2.45, 2.75) is 59.0 Å². The highest BCUT2D eigenvalue weighted by atomic mass is 16.5. The van der Waals surface area contributed by atoms with E-state index in [2.05, 4.69) is 42.4 Å². The zero-order valence-corrected chi connectivity index (χ0v) is 18.1. The molecule has 0 bridgehead atoms. The molecule has 2 N–H and O–H groups in total. The van der Waals surface area contributed by atoms with Crippen molar-refractivity contribution in [1.29, 1.82) is 0 Å². The minimum Gasteiger partial charge on any atom is -0.493 e. The molecule has 0 spiro atoms. The number of rotatable bonds is 10. The van der Waals surface area contributed by atoms with E-state index in [1.165, 1.54) is 38.9 Å². The van der Waals surface area contributed by atoms with Crippen molar-refractivity contribution in [1.82, 2.24) is 15.5 Å². The fourth-order valence-corrected chi connectivity index (χ4v) is 3.44. The summed E-state index contributed by atoms with van der Waals surface area (Å²) in [5, 5.41) is 6.99. The van der Waals surface area contributed by atoms with Gasteiger partial charge >= 0.3 is 0 Å². The smallest absolute Gasteiger partial charge is 0.191 e. The standard InChI is InChI=1S/C22H38N4O2/c1-5-12-26-13-10-19(11-14-26)25-22(23-7-3)24-17-18-8-9-20(28-15-6-2)21(16-18)27-4/h8-9,16,19H,5-7,10-15,17H2,1-4H3,(H2,23,24,25). The molecule has 28 heavy (non-hydrogen) atoms. The Balaban J connectivity index is 1.94. The number of hydrogen-bond acceptors (Lipinski definition) is 4. The van der Waals surface area contributed by atoms with Crippen LogP contribution in [0.2, 0.25) is 0 Å². The lowest BCUT2D eigenvalue weighted by Crippen LogP contribution is -2.48. The van der Waals surface area contributed by atoms with Gasteiger partial charge in [0, 0.05) is 25.7 Å². The molecule has 158 valence electrons. The quantitative estimate of drug-likeness (QED) is 0.474. The van der Waals surface area contributed by atoms with Crippen LogP contribution in [0, 0.1) is 0 Å². The average Bonchev–Trinajstić information content (AvgIpc) is 2.72. The molecule has 1 aromatic rings. The van der Waals surface area contributed by atoms with Gasteiger partial charge < -0.3 is 25.0 Å². The van der Waals surface area contributed by atoms with Crippen LogP contribution in [0.5, 0.6) is 11.5 Å². The summed E-state index contributed by atoms with van der Waals surface area (Å²) < 4.78 is 11.2. The molecule has 2 rings (SSSR count). The van der Waals surface area contributed by atoms with E-state index in [9.17, 15) is 0 Å². The van der Waals surface area contributed by atoms with Crippen molar-refractivity contribution in [3.05, 3.63) is 23.8 Å². The van der Waals surface area contributed by atoms with Crippen molar-refractivity contribution >= 4 is 5.96 Å². The van der Waals surface area contributed by atoms with E-state index in [1.807, 2.05) is 12.1 Å². The Morgan fingerprint density at radius 2 is 1.93 bits per heavy atom. The summed E-state index contributed by atoms with van der Waals surface area (Å²) in [5.74, 6) is 2.45. The molecule has 1 aromatic carbocycles. The second-order valence-corrected chi connectivity index (χ2v) is 7.29. The first kappa shape index (κ1) is 22.3. The first-order valence-electron chi connectivity index (χ1n) is 10.8. The van der Waals surface area contributed by atoms with Gasteiger partial charge in [-0.2, -0.15) is 0 Å². The number of nitrogens with one attached hydrogen (secondary N) is 2. The maximum absolute atomic E-state index is 5.73. The summed E-state index contributed by atoms with van der Waals surface area (Å²) >= 11 is 0. The Kier molecular flexibility index (Phi) is 9.97. The molecule has 1 aliphatic heterocycles. The van der Waals surface area contributed by atoms with Gasteiger partial charge in [-0.1, -0.05) is 19.9 Å². The molecule has 0 amide bonds. The minimum atomic E-state index is 0.491. The molecule has 1 heterocycles. The molecule has 1 aliphatic rings. The highest BCUT2D eigenvalue weighted by Crippen LogP contribution is 2.28. The number of nitrogens with zero attached hydrogens (tertiary/aromatic N) is 2. The normalized spacial score (nSPS) is 16.1. The molecule has 1 fully saturated rings. The van der Waals surface area contributed by atoms with Gasteiger partial charge in [-0.25, -0.2) is 4.99 Å². The third-order valence-corrected chi connectivity index (χ3v) is 4.92. The molecule has 0 radical (unpaired) electrons. The lowest BCUT2D eigenvalue weighted by molar-refractivity contribution is 0.206. The van der Waals surface area contributed by atoms with Gasteiger partial charge in [0.2, 0.25) is 0 Å². The van der Waals surface area contributed by atoms with E-state index in [0.717, 1.165) is 36.0 Å². The van der Waals surface area contributed by atoms with E-state index in [4.69, 9.17) is 14.5 Å². The Morgan fingerprint density at radius 1 is 1.14 bits per heavy atom. The largest absolute Gasteiger partial charge is 0.493 e. The highest BCUT2D eigenvalue weighted by Gasteiger charge is 2.19. The van der Waals surface area contributed by atoms with Crippen LogP contribution in [-0.2, 0) is 6.54 Å². The van der Waals surface area contributed by atoms with E-state index >= 15 is 0 Å². The van der Waals surface area contributed by atoms with Gasteiger partial charge in [0.1, 0.15) is 0 Å². The van der Waals surface area contributed by atoms with E-state index in [0.29, 0.717) is 19.2 Å². The van der Waals surface area contributed by atoms with Crippen molar-refractivity contribution in [2.24, 2.45) is 4.99 Å². The Hall–Kier alpha value is -1.95. The van der Waals surface area contributed by atoms with Crippen LogP contribution in [0.25, 0.3) is 0 Å². The molecule has 1 saturated heterocycles. The summed E-state index contributed by atoms with van der Waals surface area (Å²) in [6.07, 6.45) is 4.54. The van der Waals surface area contributed by atoms with E-state index < -0.39 is 0 Å². The summed E-state index contributed by atoms with van der Waals surface area (Å²) in [4.78, 5) is 7.34. The molecule has 0 saturated carbocycles. The number of guanidine groups is 1. The van der Waals surface area contributed by atoms with Crippen molar-refractivity contribution in [3.8, 4) is 11.5 Å². The molecule has 0 aliphatic carbocycles. The van der Waals surface area contributed by atoms with Crippen molar-refractivity contribution in [3.63, 3.8) is 0 Å². The van der Waals surface area contributed by atoms with Gasteiger partial charge in [-0.05, 0) is 56.8 Å². The summed E-state index contributed by atoms with van der Waals surface area (Å²) in [6.45, 7) is 12.1. The number of methoxy groups -OCH3 is 1. The predicted molar refractivity (Wildman–Crippen MR) is 116 cm³/mol. The minimum absolute atomic E-state index is 0.491. The maximum Gasteiger partial charge on any atom is 0.191 e. The molecule has 6 heteroatoms. The van der Waals surface area contributed by atoms with Crippen LogP contribution < -0.4 is 20.1 Å². The number of aliphatic imine (C=N–C) groups is 1. The van der Waals surface area contributed by atoms with Crippen LogP contribution in [0.3, 0.4) is 0 Å². The number of likely N-dealkylation sites (tertiary alicyclic amines) is 1. The SMILES string of the molecule is CCCOc1ccc(CN=C(NCC)NC2CCN(CCC)CC2)cc1OC. The molecular formula is C22H38N4O2. The van der Waals surface area contributed by atoms with Gasteiger partial charge in [-0.15, -0.1) is 0 Å². The van der Waals surface area contributed by atoms with Gasteiger partial charge in [0.25, 0.3) is 0 Å². The second-order valence-electron chi connectivity index (χ2n) is 7.29. The molecule has 0 atom stereocenters. The first-order chi connectivity index (χ1) is 13.7. The first-order valence-corrected chi connectivity index (χ1v) is 10.8. The zero-order chi connectivity index (χ0) is 20.2. The van der Waals surface area contributed by atoms with Crippen LogP contribution in [0.1, 0.15) is 52.0 Å². The number of hydrogen-bond donors (Lipinski definition) is 2. The fourth-order valence-electron chi connectivity index (χ4n) is 3.44. The third kappa shape index (κ3) is 7.23. The summed E-state index contributed by atoms with van der Waals surface area (Å²) in [5.41, 5.74) is 1.11. The van der Waals surface area contributed by atoms with Crippen LogP contribution in [0.4, 0.5) is 0 Å². The average molecular weight is 391 g/mol. The maximum atomic E-state index is 5.73. The van der Waals surface area contributed by atoms with Crippen LogP contribution >= 0.6 is 0 Å². The van der Waals surface area contributed by atoms with E-state index in [1.54, 1.807) is 7.11 Å². The molecule has 6 nitrogen and oxygen atoms in total. The predicted octanol–water partition coefficient (Wildman–Crippen LogP) is 3.41. The molecular weight excluding hydrogens is 352 g/mol. The fraction of sp³-hybridized carbons (Fsp3) is 0.682.